The third-order valence-electron chi connectivity index (χ3n) is 7.99. The Hall–Kier alpha value is -3.27. The molecule has 4 aromatic rings. The van der Waals surface area contributed by atoms with Gasteiger partial charge in [-0.05, 0) is 50.1 Å². The van der Waals surface area contributed by atoms with Crippen molar-refractivity contribution >= 4 is 40.3 Å². The van der Waals surface area contributed by atoms with Crippen LogP contribution in [-0.2, 0) is 19.5 Å². The van der Waals surface area contributed by atoms with Gasteiger partial charge >= 0.3 is 11.8 Å². The summed E-state index contributed by atoms with van der Waals surface area (Å²) in [6.45, 7) is 4.33. The quantitative estimate of drug-likeness (QED) is 0.330. The maximum absolute atomic E-state index is 12.6. The van der Waals surface area contributed by atoms with Crippen LogP contribution in [0.3, 0.4) is 0 Å². The number of imidazole rings is 1. The van der Waals surface area contributed by atoms with Crippen molar-refractivity contribution in [3.05, 3.63) is 74.3 Å². The van der Waals surface area contributed by atoms with E-state index in [1.807, 2.05) is 39.6 Å². The van der Waals surface area contributed by atoms with Crippen molar-refractivity contribution in [2.24, 2.45) is 0 Å². The number of carbonyl (C=O) groups is 1. The molecule has 6 rings (SSSR count). The van der Waals surface area contributed by atoms with Gasteiger partial charge in [-0.25, -0.2) is 9.59 Å². The van der Waals surface area contributed by atoms with Gasteiger partial charge in [0.15, 0.2) is 0 Å². The topological polar surface area (TPSA) is 99.4 Å². The first-order chi connectivity index (χ1) is 18.9. The first-order valence-electron chi connectivity index (χ1n) is 13.3. The number of hydrogen-bond acceptors (Lipinski definition) is 4. The zero-order chi connectivity index (χ0) is 27.1. The fraction of sp³-hybridized carbons (Fsp3) is 0.393. The highest BCUT2D eigenvalue weighted by atomic mass is 35.5. The van der Waals surface area contributed by atoms with Gasteiger partial charge in [0.1, 0.15) is 0 Å². The molecule has 1 amide bonds. The predicted molar refractivity (Wildman–Crippen MR) is 152 cm³/mol. The number of hydrogen-bond donors (Lipinski definition) is 2. The predicted octanol–water partition coefficient (Wildman–Crippen LogP) is 5.26. The van der Waals surface area contributed by atoms with E-state index in [0.29, 0.717) is 29.6 Å². The highest BCUT2D eigenvalue weighted by Crippen LogP contribution is 2.34. The highest BCUT2D eigenvalue weighted by molar-refractivity contribution is 6.42. The maximum Gasteiger partial charge on any atom is 0.407 e. The number of rotatable bonds is 6. The smallest absolute Gasteiger partial charge is 0.407 e. The molecular formula is C28H30Cl2N6O3. The van der Waals surface area contributed by atoms with E-state index in [1.54, 1.807) is 12.1 Å². The number of aromatic nitrogens is 4. The van der Waals surface area contributed by atoms with Crippen molar-refractivity contribution < 1.29 is 9.90 Å². The number of nitrogens with zero attached hydrogens (tertiary/aromatic N) is 5. The van der Waals surface area contributed by atoms with Crippen LogP contribution in [0.4, 0.5) is 4.79 Å². The van der Waals surface area contributed by atoms with Crippen molar-refractivity contribution in [1.82, 2.24) is 29.1 Å². The van der Waals surface area contributed by atoms with Gasteiger partial charge in [0.25, 0.3) is 0 Å². The van der Waals surface area contributed by atoms with Gasteiger partial charge in [0.05, 0.1) is 33.3 Å². The van der Waals surface area contributed by atoms with E-state index in [4.69, 9.17) is 28.3 Å². The standard InChI is InChI=1S/C28H30Cl2N6O3/c29-21-7-6-18(16-22(21)30)26-20-17-34(28(38)39)15-10-24(20)35(32-26)12-3-11-33-13-8-19(9-14-33)36-25-5-2-1-4-23(25)31-27(36)37/h1-2,4-7,16,19H,3,8-15,17H2,(H,31,37)(H,38,39). The summed E-state index contributed by atoms with van der Waals surface area (Å²) in [4.78, 5) is 31.1. The summed E-state index contributed by atoms with van der Waals surface area (Å²) in [6.07, 6.45) is 2.50. The van der Waals surface area contributed by atoms with E-state index in [1.165, 1.54) is 4.90 Å². The minimum Gasteiger partial charge on any atom is -0.465 e. The molecule has 2 aliphatic heterocycles. The maximum atomic E-state index is 12.6. The number of fused-ring (bicyclic) bond motifs is 2. The molecule has 0 unspecified atom stereocenters. The third-order valence-corrected chi connectivity index (χ3v) is 8.73. The molecule has 0 aliphatic carbocycles. The molecule has 0 saturated carbocycles. The summed E-state index contributed by atoms with van der Waals surface area (Å²) in [5.41, 5.74) is 5.46. The molecule has 1 saturated heterocycles. The number of likely N-dealkylation sites (tertiary alicyclic amines) is 1. The Morgan fingerprint density at radius 3 is 2.62 bits per heavy atom. The first-order valence-corrected chi connectivity index (χ1v) is 14.1. The van der Waals surface area contributed by atoms with Crippen LogP contribution in [-0.4, -0.2) is 66.5 Å². The molecule has 11 heteroatoms. The molecule has 2 aromatic carbocycles. The van der Waals surface area contributed by atoms with Crippen LogP contribution in [0.2, 0.25) is 10.0 Å². The number of amides is 1. The second-order valence-corrected chi connectivity index (χ2v) is 11.1. The molecule has 0 radical (unpaired) electrons. The molecule has 1 fully saturated rings. The number of piperidine rings is 1. The van der Waals surface area contributed by atoms with Gasteiger partial charge in [-0.15, -0.1) is 0 Å². The number of aromatic amines is 1. The van der Waals surface area contributed by atoms with Crippen molar-refractivity contribution in [1.29, 1.82) is 0 Å². The Morgan fingerprint density at radius 1 is 1.05 bits per heavy atom. The zero-order valence-corrected chi connectivity index (χ0v) is 23.0. The molecule has 2 aromatic heterocycles. The van der Waals surface area contributed by atoms with E-state index >= 15 is 0 Å². The number of para-hydroxylation sites is 2. The summed E-state index contributed by atoms with van der Waals surface area (Å²) >= 11 is 12.4. The fourth-order valence-electron chi connectivity index (χ4n) is 6.00. The molecule has 0 atom stereocenters. The number of carboxylic acid groups (broad SMARTS) is 1. The Morgan fingerprint density at radius 2 is 1.85 bits per heavy atom. The van der Waals surface area contributed by atoms with Gasteiger partial charge < -0.3 is 19.9 Å². The van der Waals surface area contributed by atoms with E-state index in [0.717, 1.165) is 79.0 Å². The zero-order valence-electron chi connectivity index (χ0n) is 21.4. The average molecular weight is 569 g/mol. The summed E-state index contributed by atoms with van der Waals surface area (Å²) in [7, 11) is 0. The van der Waals surface area contributed by atoms with Crippen molar-refractivity contribution in [3.8, 4) is 11.3 Å². The molecule has 4 heterocycles. The van der Waals surface area contributed by atoms with Crippen molar-refractivity contribution in [2.45, 2.75) is 44.8 Å². The van der Waals surface area contributed by atoms with Crippen LogP contribution in [0.1, 0.15) is 36.6 Å². The number of halogens is 2. The van der Waals surface area contributed by atoms with Crippen LogP contribution in [0.15, 0.2) is 47.3 Å². The molecule has 2 N–H and O–H groups in total. The minimum atomic E-state index is -0.924. The van der Waals surface area contributed by atoms with Gasteiger partial charge in [-0.2, -0.15) is 5.10 Å². The lowest BCUT2D eigenvalue weighted by molar-refractivity contribution is 0.139. The third kappa shape index (κ3) is 5.06. The Kier molecular flexibility index (Phi) is 7.14. The number of H-pyrrole nitrogens is 1. The summed E-state index contributed by atoms with van der Waals surface area (Å²) < 4.78 is 3.97. The largest absolute Gasteiger partial charge is 0.465 e. The second kappa shape index (κ2) is 10.7. The monoisotopic (exact) mass is 568 g/mol. The molecule has 0 spiro atoms. The average Bonchev–Trinajstić information content (AvgIpc) is 3.47. The van der Waals surface area contributed by atoms with Gasteiger partial charge in [-0.3, -0.25) is 9.25 Å². The van der Waals surface area contributed by atoms with E-state index in [2.05, 4.69) is 9.88 Å². The lowest BCUT2D eigenvalue weighted by Gasteiger charge is -2.32. The highest BCUT2D eigenvalue weighted by Gasteiger charge is 2.28. The summed E-state index contributed by atoms with van der Waals surface area (Å²) in [5.74, 6) is 0. The molecule has 39 heavy (non-hydrogen) atoms. The normalized spacial score (nSPS) is 16.6. The number of benzene rings is 2. The first kappa shape index (κ1) is 26.0. The molecule has 9 nitrogen and oxygen atoms in total. The molecule has 0 bridgehead atoms. The lowest BCUT2D eigenvalue weighted by Crippen LogP contribution is -2.38. The number of aryl methyl sites for hydroxylation is 1. The fourth-order valence-corrected chi connectivity index (χ4v) is 6.29. The van der Waals surface area contributed by atoms with Crippen LogP contribution in [0.5, 0.6) is 0 Å². The van der Waals surface area contributed by atoms with Gasteiger partial charge in [0.2, 0.25) is 0 Å². The van der Waals surface area contributed by atoms with Crippen LogP contribution in [0.25, 0.3) is 22.3 Å². The summed E-state index contributed by atoms with van der Waals surface area (Å²) in [5, 5.41) is 15.4. The van der Waals surface area contributed by atoms with E-state index in [9.17, 15) is 14.7 Å². The second-order valence-electron chi connectivity index (χ2n) is 10.3. The minimum absolute atomic E-state index is 0.0302. The van der Waals surface area contributed by atoms with Crippen LogP contribution < -0.4 is 5.69 Å². The SMILES string of the molecule is O=C(O)N1CCc2c(c(-c3ccc(Cl)c(Cl)c3)nn2CCCN2CCC(n3c(=O)[nH]c4ccccc43)CC2)C1. The molecule has 2 aliphatic rings. The summed E-state index contributed by atoms with van der Waals surface area (Å²) in [6, 6.07) is 13.5. The van der Waals surface area contributed by atoms with Crippen molar-refractivity contribution in [2.75, 3.05) is 26.2 Å². The van der Waals surface area contributed by atoms with Crippen molar-refractivity contribution in [3.63, 3.8) is 0 Å². The van der Waals surface area contributed by atoms with Crippen LogP contribution >= 0.6 is 23.2 Å². The van der Waals surface area contributed by atoms with Crippen LogP contribution in [0, 0.1) is 0 Å². The number of nitrogens with one attached hydrogen (secondary N) is 1. The molecule has 204 valence electrons. The molecular weight excluding hydrogens is 539 g/mol. The Balaban J connectivity index is 1.13. The Labute approximate surface area is 235 Å². The van der Waals surface area contributed by atoms with Gasteiger partial charge in [-0.1, -0.05) is 41.4 Å². The van der Waals surface area contributed by atoms with E-state index < -0.39 is 6.09 Å². The Bertz CT molecular complexity index is 1580. The lowest BCUT2D eigenvalue weighted by atomic mass is 10.0. The van der Waals surface area contributed by atoms with Gasteiger partial charge in [0, 0.05) is 55.5 Å². The van der Waals surface area contributed by atoms with E-state index in [-0.39, 0.29) is 11.7 Å².